The highest BCUT2D eigenvalue weighted by Gasteiger charge is 2.15. The van der Waals surface area contributed by atoms with E-state index in [0.29, 0.717) is 18.7 Å². The van der Waals surface area contributed by atoms with Crippen LogP contribution in [0.3, 0.4) is 0 Å². The van der Waals surface area contributed by atoms with E-state index in [0.717, 1.165) is 11.3 Å². The number of carboxylic acid groups (broad SMARTS) is 1. The SMILES string of the molecule is COCCc1ccccc1-n1nc(C(=O)O)c(=O)cc1C. The van der Waals surface area contributed by atoms with Crippen LogP contribution in [-0.2, 0) is 11.2 Å². The minimum absolute atomic E-state index is 0.484. The van der Waals surface area contributed by atoms with Crippen LogP contribution in [-0.4, -0.2) is 34.6 Å². The van der Waals surface area contributed by atoms with Gasteiger partial charge in [-0.2, -0.15) is 5.10 Å². The second-order valence-electron chi connectivity index (χ2n) is 4.59. The van der Waals surface area contributed by atoms with E-state index in [1.54, 1.807) is 14.0 Å². The number of aromatic nitrogens is 2. The molecule has 0 radical (unpaired) electrons. The monoisotopic (exact) mass is 288 g/mol. The van der Waals surface area contributed by atoms with Gasteiger partial charge in [-0.3, -0.25) is 4.79 Å². The number of para-hydroxylation sites is 1. The van der Waals surface area contributed by atoms with E-state index in [-0.39, 0.29) is 0 Å². The van der Waals surface area contributed by atoms with Crippen molar-refractivity contribution in [1.29, 1.82) is 0 Å². The summed E-state index contributed by atoms with van der Waals surface area (Å²) in [6, 6.07) is 8.77. The maximum absolute atomic E-state index is 11.6. The Morgan fingerprint density at radius 2 is 2.10 bits per heavy atom. The van der Waals surface area contributed by atoms with Crippen molar-refractivity contribution < 1.29 is 14.6 Å². The van der Waals surface area contributed by atoms with Gasteiger partial charge < -0.3 is 9.84 Å². The van der Waals surface area contributed by atoms with Crippen LogP contribution in [0.1, 0.15) is 21.7 Å². The van der Waals surface area contributed by atoms with Crippen LogP contribution >= 0.6 is 0 Å². The highest BCUT2D eigenvalue weighted by molar-refractivity contribution is 5.84. The van der Waals surface area contributed by atoms with Crippen molar-refractivity contribution in [2.45, 2.75) is 13.3 Å². The molecule has 2 aromatic rings. The summed E-state index contributed by atoms with van der Waals surface area (Å²) >= 11 is 0. The van der Waals surface area contributed by atoms with E-state index in [4.69, 9.17) is 9.84 Å². The average Bonchev–Trinajstić information content (AvgIpc) is 2.45. The van der Waals surface area contributed by atoms with Gasteiger partial charge in [0.1, 0.15) is 0 Å². The van der Waals surface area contributed by atoms with Gasteiger partial charge in [-0.25, -0.2) is 9.48 Å². The Kier molecular flexibility index (Phi) is 4.49. The van der Waals surface area contributed by atoms with Crippen LogP contribution in [0, 0.1) is 6.92 Å². The van der Waals surface area contributed by atoms with Gasteiger partial charge in [0.2, 0.25) is 11.1 Å². The van der Waals surface area contributed by atoms with E-state index >= 15 is 0 Å². The molecule has 0 aliphatic heterocycles. The predicted molar refractivity (Wildman–Crippen MR) is 77.1 cm³/mol. The highest BCUT2D eigenvalue weighted by atomic mass is 16.5. The van der Waals surface area contributed by atoms with E-state index in [9.17, 15) is 9.59 Å². The van der Waals surface area contributed by atoms with Gasteiger partial charge in [-0.15, -0.1) is 0 Å². The van der Waals surface area contributed by atoms with E-state index in [1.165, 1.54) is 10.7 Å². The summed E-state index contributed by atoms with van der Waals surface area (Å²) in [5.41, 5.74) is 1.21. The fourth-order valence-electron chi connectivity index (χ4n) is 2.08. The quantitative estimate of drug-likeness (QED) is 0.900. The predicted octanol–water partition coefficient (Wildman–Crippen LogP) is 1.43. The van der Waals surface area contributed by atoms with Crippen molar-refractivity contribution in [3.63, 3.8) is 0 Å². The minimum Gasteiger partial charge on any atom is -0.476 e. The summed E-state index contributed by atoms with van der Waals surface area (Å²) < 4.78 is 6.56. The zero-order valence-electron chi connectivity index (χ0n) is 11.9. The molecular formula is C15H16N2O4. The van der Waals surface area contributed by atoms with Crippen LogP contribution < -0.4 is 5.43 Å². The molecule has 6 nitrogen and oxygen atoms in total. The first kappa shape index (κ1) is 14.9. The molecule has 0 saturated heterocycles. The van der Waals surface area contributed by atoms with Crippen molar-refractivity contribution in [2.24, 2.45) is 0 Å². The lowest BCUT2D eigenvalue weighted by Crippen LogP contribution is -2.23. The Morgan fingerprint density at radius 3 is 2.76 bits per heavy atom. The molecule has 2 rings (SSSR count). The molecule has 0 amide bonds. The summed E-state index contributed by atoms with van der Waals surface area (Å²) in [7, 11) is 1.62. The molecule has 0 saturated carbocycles. The van der Waals surface area contributed by atoms with Crippen LogP contribution in [0.15, 0.2) is 35.1 Å². The molecule has 0 fully saturated rings. The molecule has 110 valence electrons. The lowest BCUT2D eigenvalue weighted by molar-refractivity contribution is 0.0686. The largest absolute Gasteiger partial charge is 0.476 e. The number of carbonyl (C=O) groups is 1. The molecule has 1 heterocycles. The molecule has 0 atom stereocenters. The average molecular weight is 288 g/mol. The third kappa shape index (κ3) is 3.17. The second-order valence-corrected chi connectivity index (χ2v) is 4.59. The third-order valence-corrected chi connectivity index (χ3v) is 3.11. The molecule has 6 heteroatoms. The van der Waals surface area contributed by atoms with Crippen LogP contribution in [0.2, 0.25) is 0 Å². The Hall–Kier alpha value is -2.47. The zero-order valence-corrected chi connectivity index (χ0v) is 11.9. The third-order valence-electron chi connectivity index (χ3n) is 3.11. The highest BCUT2D eigenvalue weighted by Crippen LogP contribution is 2.15. The van der Waals surface area contributed by atoms with Gasteiger partial charge in [0.05, 0.1) is 12.3 Å². The molecule has 1 N–H and O–H groups in total. The lowest BCUT2D eigenvalue weighted by Gasteiger charge is -2.14. The molecule has 0 spiro atoms. The number of aryl methyl sites for hydroxylation is 1. The zero-order chi connectivity index (χ0) is 15.4. The molecular weight excluding hydrogens is 272 g/mol. The number of benzene rings is 1. The first-order chi connectivity index (χ1) is 10.0. The lowest BCUT2D eigenvalue weighted by atomic mass is 10.1. The van der Waals surface area contributed by atoms with Crippen molar-refractivity contribution >= 4 is 5.97 Å². The summed E-state index contributed by atoms with van der Waals surface area (Å²) in [5, 5.41) is 13.0. The summed E-state index contributed by atoms with van der Waals surface area (Å²) in [4.78, 5) is 22.7. The Morgan fingerprint density at radius 1 is 1.38 bits per heavy atom. The van der Waals surface area contributed by atoms with Gasteiger partial charge in [0.25, 0.3) is 0 Å². The standard InChI is InChI=1S/C15H16N2O4/c1-10-9-13(18)14(15(19)20)16-17(10)12-6-4-3-5-11(12)7-8-21-2/h3-6,9H,7-8H2,1-2H3,(H,19,20). The van der Waals surface area contributed by atoms with Gasteiger partial charge in [0.15, 0.2) is 0 Å². The smallest absolute Gasteiger partial charge is 0.360 e. The topological polar surface area (TPSA) is 81.4 Å². The van der Waals surface area contributed by atoms with Gasteiger partial charge >= 0.3 is 5.97 Å². The number of ether oxygens (including phenoxy) is 1. The van der Waals surface area contributed by atoms with Crippen molar-refractivity contribution in [1.82, 2.24) is 9.78 Å². The number of rotatable bonds is 5. The molecule has 0 aliphatic carbocycles. The Bertz CT molecular complexity index is 722. The Labute approximate surface area is 121 Å². The fraction of sp³-hybridized carbons (Fsp3) is 0.267. The number of carboxylic acids is 1. The van der Waals surface area contributed by atoms with Crippen LogP contribution in [0.25, 0.3) is 5.69 Å². The molecule has 0 unspecified atom stereocenters. The number of methoxy groups -OCH3 is 1. The van der Waals surface area contributed by atoms with Crippen LogP contribution in [0.4, 0.5) is 0 Å². The van der Waals surface area contributed by atoms with E-state index in [1.807, 2.05) is 24.3 Å². The summed E-state index contributed by atoms with van der Waals surface area (Å²) in [6.45, 7) is 2.26. The van der Waals surface area contributed by atoms with Gasteiger partial charge in [-0.05, 0) is 25.0 Å². The fourth-order valence-corrected chi connectivity index (χ4v) is 2.08. The minimum atomic E-state index is -1.33. The first-order valence-electron chi connectivity index (χ1n) is 6.46. The number of hydrogen-bond acceptors (Lipinski definition) is 4. The molecule has 1 aromatic carbocycles. The number of nitrogens with zero attached hydrogens (tertiary/aromatic N) is 2. The molecule has 0 bridgehead atoms. The molecule has 1 aromatic heterocycles. The maximum Gasteiger partial charge on any atom is 0.360 e. The molecule has 0 aliphatic rings. The van der Waals surface area contributed by atoms with E-state index in [2.05, 4.69) is 5.10 Å². The van der Waals surface area contributed by atoms with Gasteiger partial charge in [0, 0.05) is 18.9 Å². The summed E-state index contributed by atoms with van der Waals surface area (Å²) in [6.07, 6.45) is 0.669. The van der Waals surface area contributed by atoms with E-state index < -0.39 is 17.1 Å². The number of hydrogen-bond donors (Lipinski definition) is 1. The van der Waals surface area contributed by atoms with Crippen molar-refractivity contribution in [2.75, 3.05) is 13.7 Å². The van der Waals surface area contributed by atoms with Crippen LogP contribution in [0.5, 0.6) is 0 Å². The summed E-state index contributed by atoms with van der Waals surface area (Å²) in [5.74, 6) is -1.33. The van der Waals surface area contributed by atoms with Crippen molar-refractivity contribution in [3.05, 3.63) is 57.5 Å². The first-order valence-corrected chi connectivity index (χ1v) is 6.46. The second kappa shape index (κ2) is 6.32. The van der Waals surface area contributed by atoms with Crippen molar-refractivity contribution in [3.8, 4) is 5.69 Å². The van der Waals surface area contributed by atoms with Gasteiger partial charge in [-0.1, -0.05) is 18.2 Å². The number of aromatic carboxylic acids is 1. The normalized spacial score (nSPS) is 10.6. The Balaban J connectivity index is 2.59. The maximum atomic E-state index is 11.6. The molecule has 21 heavy (non-hydrogen) atoms.